The van der Waals surface area contributed by atoms with E-state index in [1.54, 1.807) is 17.3 Å². The molecular weight excluding hydrogens is 428 g/mol. The van der Waals surface area contributed by atoms with E-state index in [4.69, 9.17) is 10.1 Å². The second-order valence-corrected chi connectivity index (χ2v) is 11.8. The Morgan fingerprint density at radius 3 is 2.91 bits per heavy atom. The molecule has 2 aliphatic heterocycles. The molecule has 33 heavy (non-hydrogen) atoms. The summed E-state index contributed by atoms with van der Waals surface area (Å²) in [5.74, 6) is 2.34. The number of carbonyl (C=O) groups is 1. The van der Waals surface area contributed by atoms with Gasteiger partial charge in [-0.25, -0.2) is 5.01 Å². The van der Waals surface area contributed by atoms with E-state index < -0.39 is 0 Å². The predicted molar refractivity (Wildman–Crippen MR) is 136 cm³/mol. The molecule has 5 nitrogen and oxygen atoms in total. The normalized spacial score (nSPS) is 30.2. The highest BCUT2D eigenvalue weighted by Gasteiger charge is 2.46. The molecule has 4 aliphatic rings. The molecule has 1 fully saturated rings. The zero-order valence-corrected chi connectivity index (χ0v) is 21.1. The largest absolute Gasteiger partial charge is 0.298 e. The quantitative estimate of drug-likeness (QED) is 0.531. The van der Waals surface area contributed by atoms with Gasteiger partial charge in [-0.05, 0) is 55.4 Å². The Balaban J connectivity index is 1.56. The number of hydrogen-bond acceptors (Lipinski definition) is 5. The summed E-state index contributed by atoms with van der Waals surface area (Å²) >= 11 is 1.64. The Hall–Kier alpha value is -2.08. The van der Waals surface area contributed by atoms with Crippen LogP contribution >= 0.6 is 11.8 Å². The lowest BCUT2D eigenvalue weighted by Crippen LogP contribution is -2.56. The first-order chi connectivity index (χ1) is 15.9. The van der Waals surface area contributed by atoms with E-state index in [0.29, 0.717) is 34.0 Å². The average molecular weight is 465 g/mol. The van der Waals surface area contributed by atoms with Gasteiger partial charge in [0.2, 0.25) is 0 Å². The number of hydrazone groups is 1. The van der Waals surface area contributed by atoms with Crippen LogP contribution in [0.2, 0.25) is 0 Å². The van der Waals surface area contributed by atoms with Crippen LogP contribution in [-0.2, 0) is 4.79 Å². The summed E-state index contributed by atoms with van der Waals surface area (Å²) in [5.41, 5.74) is 2.61. The minimum Gasteiger partial charge on any atom is -0.298 e. The summed E-state index contributed by atoms with van der Waals surface area (Å²) in [7, 11) is 0. The summed E-state index contributed by atoms with van der Waals surface area (Å²) in [6.07, 6.45) is 9.28. The third kappa shape index (κ3) is 4.16. The fourth-order valence-corrected chi connectivity index (χ4v) is 7.03. The summed E-state index contributed by atoms with van der Waals surface area (Å²) < 4.78 is 0. The van der Waals surface area contributed by atoms with E-state index in [1.165, 1.54) is 12.8 Å². The topological polar surface area (TPSA) is 57.1 Å². The first-order valence-electron chi connectivity index (χ1n) is 12.6. The summed E-state index contributed by atoms with van der Waals surface area (Å²) in [6, 6.07) is 8.03. The van der Waals surface area contributed by atoms with Crippen LogP contribution in [0.4, 0.5) is 0 Å². The number of nitrogens with zero attached hydrogens (tertiary/aromatic N) is 3. The van der Waals surface area contributed by atoms with Crippen molar-refractivity contribution in [1.82, 2.24) is 10.3 Å². The zero-order chi connectivity index (χ0) is 23.2. The summed E-state index contributed by atoms with van der Waals surface area (Å²) in [6.45, 7) is 9.41. The van der Waals surface area contributed by atoms with Gasteiger partial charge in [0, 0.05) is 16.9 Å². The predicted octanol–water partition coefficient (Wildman–Crippen LogP) is 4.40. The van der Waals surface area contributed by atoms with E-state index in [1.807, 2.05) is 29.3 Å². The molecule has 2 aliphatic carbocycles. The highest BCUT2D eigenvalue weighted by molar-refractivity contribution is 8.13. The molecule has 1 amide bonds. The Bertz CT molecular complexity index is 1120. The number of para-hydroxylation sites is 1. The van der Waals surface area contributed by atoms with Gasteiger partial charge >= 0.3 is 0 Å². The summed E-state index contributed by atoms with van der Waals surface area (Å²) in [5, 5.41) is 12.5. The number of hydrogen-bond donors (Lipinski definition) is 1. The number of amidine groups is 1. The molecule has 0 saturated heterocycles. The van der Waals surface area contributed by atoms with Crippen LogP contribution in [0.3, 0.4) is 0 Å². The van der Waals surface area contributed by atoms with E-state index >= 15 is 0 Å². The lowest BCUT2D eigenvalue weighted by Gasteiger charge is -2.49. The number of fused-ring (bicyclic) bond motifs is 3. The number of benzene rings is 1. The molecule has 1 aromatic rings. The van der Waals surface area contributed by atoms with Gasteiger partial charge in [0.1, 0.15) is 11.9 Å². The van der Waals surface area contributed by atoms with Crippen LogP contribution in [0.15, 0.2) is 46.0 Å². The molecular formula is C27H36N4OS. The Morgan fingerprint density at radius 2 is 2.09 bits per heavy atom. The first-order valence-corrected chi connectivity index (χ1v) is 13.6. The molecule has 0 radical (unpaired) electrons. The van der Waals surface area contributed by atoms with Crippen molar-refractivity contribution in [3.63, 3.8) is 0 Å². The maximum Gasteiger partial charge on any atom is 0.276 e. The average Bonchev–Trinajstić information content (AvgIpc) is 2.78. The van der Waals surface area contributed by atoms with Crippen LogP contribution in [-0.4, -0.2) is 28.0 Å². The Labute approximate surface area is 201 Å². The number of unbranched alkanes of at least 4 members (excludes halogenated alkanes) is 1. The van der Waals surface area contributed by atoms with Crippen LogP contribution in [0, 0.1) is 23.2 Å². The number of amides is 1. The fourth-order valence-electron chi connectivity index (χ4n) is 6.10. The number of nitrogens with one attached hydrogen (secondary N) is 1. The fraction of sp³-hybridized carbons (Fsp3) is 0.593. The molecule has 4 atom stereocenters. The van der Waals surface area contributed by atoms with Crippen LogP contribution < -0.4 is 15.9 Å². The standard InChI is InChI=1S/C27H36N4OS/c1-5-6-14-33-26-29-25(32)23-19-11-7-8-12-22(19)28-24(31(23)30-26)20-16-21-18(15-17(20)2)10-9-13-27(21,3)4/h7-8,10-12,17,20-21,24H,5-6,9,13-16H2,1-4H3,(H,29,30,32). The lowest BCUT2D eigenvalue weighted by molar-refractivity contribution is -0.116. The van der Waals surface area contributed by atoms with Crippen LogP contribution in [0.1, 0.15) is 66.2 Å². The van der Waals surface area contributed by atoms with Gasteiger partial charge in [0.25, 0.3) is 5.91 Å². The molecule has 176 valence electrons. The molecule has 0 bridgehead atoms. The molecule has 1 aromatic carbocycles. The SMILES string of the molecule is CCCCSC1=NN2C(=c3ccccc3=NC2C2CC3C(=CCCC3(C)C)CC2C)C(=O)N1. The molecule has 6 heteroatoms. The van der Waals surface area contributed by atoms with Crippen molar-refractivity contribution in [2.24, 2.45) is 33.3 Å². The van der Waals surface area contributed by atoms with E-state index in [2.05, 4.69) is 39.1 Å². The van der Waals surface area contributed by atoms with Crippen LogP contribution in [0.5, 0.6) is 0 Å². The van der Waals surface area contributed by atoms with Crippen molar-refractivity contribution in [1.29, 1.82) is 0 Å². The zero-order valence-electron chi connectivity index (χ0n) is 20.3. The van der Waals surface area contributed by atoms with Gasteiger partial charge in [0.15, 0.2) is 5.17 Å². The summed E-state index contributed by atoms with van der Waals surface area (Å²) in [4.78, 5) is 18.6. The highest BCUT2D eigenvalue weighted by Crippen LogP contribution is 2.52. The molecule has 5 rings (SSSR count). The van der Waals surface area contributed by atoms with Gasteiger partial charge in [-0.1, -0.05) is 75.7 Å². The number of carbonyl (C=O) groups excluding carboxylic acids is 1. The van der Waals surface area contributed by atoms with Gasteiger partial charge in [0.05, 0.1) is 5.36 Å². The monoisotopic (exact) mass is 464 g/mol. The first kappa shape index (κ1) is 22.7. The van der Waals surface area contributed by atoms with Crippen molar-refractivity contribution in [3.8, 4) is 0 Å². The number of thioether (sulfide) groups is 1. The third-order valence-corrected chi connectivity index (χ3v) is 9.00. The van der Waals surface area contributed by atoms with Gasteiger partial charge in [-0.15, -0.1) is 5.10 Å². The van der Waals surface area contributed by atoms with Gasteiger partial charge < -0.3 is 0 Å². The molecule has 4 unspecified atom stereocenters. The van der Waals surface area contributed by atoms with Gasteiger partial charge in [-0.2, -0.15) is 0 Å². The second-order valence-electron chi connectivity index (χ2n) is 10.8. The maximum atomic E-state index is 13.3. The van der Waals surface area contributed by atoms with Crippen LogP contribution in [0.25, 0.3) is 5.70 Å². The number of allylic oxidation sites excluding steroid dienone is 2. The Kier molecular flexibility index (Phi) is 6.15. The van der Waals surface area contributed by atoms with Crippen molar-refractivity contribution >= 4 is 28.5 Å². The van der Waals surface area contributed by atoms with Crippen molar-refractivity contribution in [3.05, 3.63) is 46.5 Å². The molecule has 1 saturated carbocycles. The Morgan fingerprint density at radius 1 is 1.27 bits per heavy atom. The number of rotatable bonds is 4. The molecule has 0 spiro atoms. The third-order valence-electron chi connectivity index (χ3n) is 8.05. The molecule has 2 heterocycles. The lowest BCUT2D eigenvalue weighted by atomic mass is 9.58. The highest BCUT2D eigenvalue weighted by atomic mass is 32.2. The van der Waals surface area contributed by atoms with Gasteiger partial charge in [-0.3, -0.25) is 15.1 Å². The second kappa shape index (κ2) is 8.94. The van der Waals surface area contributed by atoms with Crippen molar-refractivity contribution in [2.75, 3.05) is 5.75 Å². The maximum absolute atomic E-state index is 13.3. The minimum absolute atomic E-state index is 0.0570. The van der Waals surface area contributed by atoms with E-state index in [0.717, 1.165) is 42.0 Å². The molecule has 1 N–H and O–H groups in total. The van der Waals surface area contributed by atoms with E-state index in [9.17, 15) is 4.79 Å². The minimum atomic E-state index is -0.142. The van der Waals surface area contributed by atoms with Crippen molar-refractivity contribution in [2.45, 2.75) is 72.4 Å². The van der Waals surface area contributed by atoms with E-state index in [-0.39, 0.29) is 12.1 Å². The smallest absolute Gasteiger partial charge is 0.276 e. The van der Waals surface area contributed by atoms with Crippen molar-refractivity contribution < 1.29 is 4.79 Å². The molecule has 0 aromatic heterocycles.